The van der Waals surface area contributed by atoms with E-state index in [0.717, 1.165) is 22.3 Å². The van der Waals surface area contributed by atoms with Crippen molar-refractivity contribution in [2.75, 3.05) is 13.2 Å². The molecule has 2 atom stereocenters. The van der Waals surface area contributed by atoms with Gasteiger partial charge in [-0.15, -0.1) is 0 Å². The Balaban J connectivity index is 1.56. The third kappa shape index (κ3) is 4.71. The van der Waals surface area contributed by atoms with Gasteiger partial charge in [-0.1, -0.05) is 55.5 Å². The zero-order chi connectivity index (χ0) is 22.6. The molecule has 2 amide bonds. The molecule has 1 aliphatic rings. The Morgan fingerprint density at radius 2 is 1.61 bits per heavy atom. The van der Waals surface area contributed by atoms with Gasteiger partial charge in [-0.2, -0.15) is 0 Å². The van der Waals surface area contributed by atoms with Crippen molar-refractivity contribution < 1.29 is 24.2 Å². The van der Waals surface area contributed by atoms with Crippen LogP contribution >= 0.6 is 0 Å². The lowest BCUT2D eigenvalue weighted by molar-refractivity contribution is -0.148. The summed E-state index contributed by atoms with van der Waals surface area (Å²) in [4.78, 5) is 35.9. The number of ether oxygens (including phenoxy) is 1. The van der Waals surface area contributed by atoms with E-state index in [9.17, 15) is 19.5 Å². The number of alkyl carbamates (subject to hydrolysis) is 1. The van der Waals surface area contributed by atoms with Gasteiger partial charge < -0.3 is 20.5 Å². The van der Waals surface area contributed by atoms with Crippen LogP contribution in [0.1, 0.15) is 44.2 Å². The average molecular weight is 424 g/mol. The Morgan fingerprint density at radius 1 is 1.06 bits per heavy atom. The molecule has 1 unspecified atom stereocenters. The van der Waals surface area contributed by atoms with E-state index in [1.165, 1.54) is 6.92 Å². The average Bonchev–Trinajstić information content (AvgIpc) is 3.09. The highest BCUT2D eigenvalue weighted by Gasteiger charge is 2.32. The van der Waals surface area contributed by atoms with Crippen molar-refractivity contribution in [3.8, 4) is 11.1 Å². The zero-order valence-corrected chi connectivity index (χ0v) is 18.0. The minimum atomic E-state index is -1.06. The van der Waals surface area contributed by atoms with E-state index in [-0.39, 0.29) is 19.1 Å². The molecule has 7 nitrogen and oxygen atoms in total. The summed E-state index contributed by atoms with van der Waals surface area (Å²) in [6.07, 6.45) is -0.322. The maximum atomic E-state index is 12.3. The number of carboxylic acid groups (broad SMARTS) is 1. The van der Waals surface area contributed by atoms with E-state index in [4.69, 9.17) is 4.74 Å². The molecule has 0 heterocycles. The van der Waals surface area contributed by atoms with Crippen molar-refractivity contribution in [1.29, 1.82) is 0 Å². The zero-order valence-electron chi connectivity index (χ0n) is 18.0. The van der Waals surface area contributed by atoms with Crippen LogP contribution in [0.3, 0.4) is 0 Å². The Morgan fingerprint density at radius 3 is 2.13 bits per heavy atom. The van der Waals surface area contributed by atoms with E-state index >= 15 is 0 Å². The van der Waals surface area contributed by atoms with Crippen LogP contribution in [0.15, 0.2) is 48.5 Å². The molecule has 0 saturated heterocycles. The second-order valence-electron chi connectivity index (χ2n) is 8.13. The molecule has 3 N–H and O–H groups in total. The third-order valence-corrected chi connectivity index (χ3v) is 6.02. The Hall–Kier alpha value is -3.35. The van der Waals surface area contributed by atoms with Crippen molar-refractivity contribution >= 4 is 18.0 Å². The minimum Gasteiger partial charge on any atom is -0.481 e. The quantitative estimate of drug-likeness (QED) is 0.601. The van der Waals surface area contributed by atoms with Crippen molar-refractivity contribution in [2.45, 2.75) is 39.2 Å². The lowest BCUT2D eigenvalue weighted by atomic mass is 9.87. The Bertz CT molecular complexity index is 944. The Labute approximate surface area is 181 Å². The number of hydrogen-bond acceptors (Lipinski definition) is 4. The lowest BCUT2D eigenvalue weighted by Gasteiger charge is -2.24. The number of benzene rings is 2. The summed E-state index contributed by atoms with van der Waals surface area (Å²) in [5.41, 5.74) is 3.43. The van der Waals surface area contributed by atoms with Gasteiger partial charge in [0, 0.05) is 12.5 Å². The maximum Gasteiger partial charge on any atom is 0.407 e. The van der Waals surface area contributed by atoms with Crippen LogP contribution in [0.4, 0.5) is 4.79 Å². The molecular weight excluding hydrogens is 396 g/mol. The summed E-state index contributed by atoms with van der Waals surface area (Å²) >= 11 is 0. The van der Waals surface area contributed by atoms with Gasteiger partial charge in [0.2, 0.25) is 5.91 Å². The first kappa shape index (κ1) is 22.3. The molecular formula is C24H28N2O5. The summed E-state index contributed by atoms with van der Waals surface area (Å²) in [5.74, 6) is -1.51. The highest BCUT2D eigenvalue weighted by molar-refractivity contribution is 5.86. The topological polar surface area (TPSA) is 105 Å². The van der Waals surface area contributed by atoms with E-state index in [2.05, 4.69) is 22.8 Å². The molecule has 0 aliphatic heterocycles. The molecule has 0 spiro atoms. The highest BCUT2D eigenvalue weighted by Crippen LogP contribution is 2.44. The summed E-state index contributed by atoms with van der Waals surface area (Å²) < 4.78 is 5.44. The van der Waals surface area contributed by atoms with E-state index in [0.29, 0.717) is 6.42 Å². The number of carbonyl (C=O) groups excluding carboxylic acids is 2. The highest BCUT2D eigenvalue weighted by atomic mass is 16.5. The molecule has 0 radical (unpaired) electrons. The van der Waals surface area contributed by atoms with Crippen molar-refractivity contribution in [1.82, 2.24) is 10.6 Å². The number of rotatable bonds is 8. The van der Waals surface area contributed by atoms with Crippen LogP contribution in [-0.4, -0.2) is 42.3 Å². The predicted molar refractivity (Wildman–Crippen MR) is 117 cm³/mol. The first-order chi connectivity index (χ1) is 14.8. The van der Waals surface area contributed by atoms with Crippen LogP contribution in [0.25, 0.3) is 11.1 Å². The number of aliphatic carboxylic acids is 1. The van der Waals surface area contributed by atoms with E-state index < -0.39 is 29.4 Å². The summed E-state index contributed by atoms with van der Waals surface area (Å²) in [5, 5.41) is 14.4. The normalized spacial score (nSPS) is 15.2. The molecule has 164 valence electrons. The second kappa shape index (κ2) is 9.20. The van der Waals surface area contributed by atoms with Gasteiger partial charge in [-0.05, 0) is 42.5 Å². The summed E-state index contributed by atoms with van der Waals surface area (Å²) in [6, 6.07) is 15.2. The minimum absolute atomic E-state index is 0.0195. The molecule has 31 heavy (non-hydrogen) atoms. The van der Waals surface area contributed by atoms with Crippen LogP contribution in [0.5, 0.6) is 0 Å². The van der Waals surface area contributed by atoms with Crippen LogP contribution in [-0.2, 0) is 14.3 Å². The van der Waals surface area contributed by atoms with Crippen LogP contribution in [0.2, 0.25) is 0 Å². The number of nitrogens with one attached hydrogen (secondary N) is 2. The molecule has 3 rings (SSSR count). The van der Waals surface area contributed by atoms with Gasteiger partial charge in [0.1, 0.15) is 12.6 Å². The fourth-order valence-corrected chi connectivity index (χ4v) is 3.67. The van der Waals surface area contributed by atoms with Gasteiger partial charge in [0.05, 0.1) is 5.41 Å². The second-order valence-corrected chi connectivity index (χ2v) is 8.13. The summed E-state index contributed by atoms with van der Waals surface area (Å²) in [7, 11) is 0. The maximum absolute atomic E-state index is 12.3. The SMILES string of the molecule is CCC(C)(CNC(=O)[C@H](C)NC(=O)OCC1c2ccccc2-c2ccccc21)C(=O)O. The fourth-order valence-electron chi connectivity index (χ4n) is 3.67. The van der Waals surface area contributed by atoms with E-state index in [1.54, 1.807) is 13.8 Å². The Kier molecular flexibility index (Phi) is 6.63. The molecule has 0 bridgehead atoms. The van der Waals surface area contributed by atoms with Gasteiger partial charge in [-0.25, -0.2) is 4.79 Å². The third-order valence-electron chi connectivity index (χ3n) is 6.02. The molecule has 0 fully saturated rings. The number of carbonyl (C=O) groups is 3. The summed E-state index contributed by atoms with van der Waals surface area (Å²) in [6.45, 7) is 4.98. The first-order valence-electron chi connectivity index (χ1n) is 10.4. The molecule has 0 saturated carbocycles. The predicted octanol–water partition coefficient (Wildman–Crippen LogP) is 3.53. The molecule has 1 aliphatic carbocycles. The van der Waals surface area contributed by atoms with Gasteiger partial charge in [0.25, 0.3) is 0 Å². The number of carboxylic acids is 1. The standard InChI is InChI=1S/C24H28N2O5/c1-4-24(3,22(28)29)14-25-21(27)15(2)26-23(30)31-13-20-18-11-7-5-9-16(18)17-10-6-8-12-19(17)20/h5-12,15,20H,4,13-14H2,1-3H3,(H,25,27)(H,26,30)(H,28,29)/t15-,24?/m0/s1. The monoisotopic (exact) mass is 424 g/mol. The van der Waals surface area contributed by atoms with Crippen LogP contribution < -0.4 is 10.6 Å². The van der Waals surface area contributed by atoms with Gasteiger partial charge >= 0.3 is 12.1 Å². The number of fused-ring (bicyclic) bond motifs is 3. The van der Waals surface area contributed by atoms with Gasteiger partial charge in [-0.3, -0.25) is 9.59 Å². The van der Waals surface area contributed by atoms with Gasteiger partial charge in [0.15, 0.2) is 0 Å². The molecule has 7 heteroatoms. The van der Waals surface area contributed by atoms with Crippen molar-refractivity contribution in [3.63, 3.8) is 0 Å². The molecule has 2 aromatic rings. The van der Waals surface area contributed by atoms with Crippen molar-refractivity contribution in [2.24, 2.45) is 5.41 Å². The largest absolute Gasteiger partial charge is 0.481 e. The smallest absolute Gasteiger partial charge is 0.407 e. The lowest BCUT2D eigenvalue weighted by Crippen LogP contribution is -2.49. The van der Waals surface area contributed by atoms with Crippen LogP contribution in [0, 0.1) is 5.41 Å². The van der Waals surface area contributed by atoms with E-state index in [1.807, 2.05) is 36.4 Å². The molecule has 2 aromatic carbocycles. The molecule has 0 aromatic heterocycles. The number of hydrogen-bond donors (Lipinski definition) is 3. The van der Waals surface area contributed by atoms with Crippen molar-refractivity contribution in [3.05, 3.63) is 59.7 Å². The fraction of sp³-hybridized carbons (Fsp3) is 0.375. The number of amides is 2. The first-order valence-corrected chi connectivity index (χ1v) is 10.4.